The number of rotatable bonds is 5. The molecule has 4 rings (SSSR count). The number of ether oxygens (including phenoxy) is 1. The van der Waals surface area contributed by atoms with Crippen molar-refractivity contribution in [3.8, 4) is 11.5 Å². The molecule has 2 heteroatoms. The van der Waals surface area contributed by atoms with Gasteiger partial charge in [-0.3, -0.25) is 0 Å². The number of hydrogen-bond acceptors (Lipinski definition) is 1. The summed E-state index contributed by atoms with van der Waals surface area (Å²) in [7, 11) is -0.0288. The first-order valence-electron chi connectivity index (χ1n) is 9.51. The molecule has 2 aromatic rings. The van der Waals surface area contributed by atoms with Gasteiger partial charge < -0.3 is 4.74 Å². The van der Waals surface area contributed by atoms with E-state index in [1.807, 2.05) is 30.3 Å². The highest BCUT2D eigenvalue weighted by atomic mass is 31.1. The monoisotopic (exact) mass is 338 g/mol. The summed E-state index contributed by atoms with van der Waals surface area (Å²) in [4.78, 5) is 0. The molecule has 126 valence electrons. The molecule has 0 unspecified atom stereocenters. The van der Waals surface area contributed by atoms with E-state index in [0.29, 0.717) is 0 Å². The van der Waals surface area contributed by atoms with E-state index in [1.165, 1.54) is 51.4 Å². The van der Waals surface area contributed by atoms with E-state index >= 15 is 0 Å². The molecular formula is C22H27OP. The maximum Gasteiger partial charge on any atom is 0.128 e. The van der Waals surface area contributed by atoms with Crippen molar-refractivity contribution in [3.05, 3.63) is 54.6 Å². The Morgan fingerprint density at radius 3 is 1.88 bits per heavy atom. The Kier molecular flexibility index (Phi) is 5.18. The Balaban J connectivity index is 1.59. The summed E-state index contributed by atoms with van der Waals surface area (Å²) >= 11 is 0. The Bertz CT molecular complexity index is 626. The molecule has 2 aliphatic carbocycles. The van der Waals surface area contributed by atoms with Crippen LogP contribution in [-0.2, 0) is 0 Å². The van der Waals surface area contributed by atoms with E-state index < -0.39 is 0 Å². The predicted octanol–water partition coefficient (Wildman–Crippen LogP) is 6.47. The van der Waals surface area contributed by atoms with Gasteiger partial charge in [-0.15, -0.1) is 0 Å². The standard InChI is InChI=1S/C22H27OP/c1-2-9-18(10-3-1)23-19-11-8-16-22(17-19)24(20-12-4-5-13-20)21-14-6-7-15-21/h1-3,8-11,16-17,20-21H,4-7,12-15H2. The van der Waals surface area contributed by atoms with Crippen LogP contribution in [0.15, 0.2) is 54.6 Å². The minimum Gasteiger partial charge on any atom is -0.457 e. The van der Waals surface area contributed by atoms with Crippen molar-refractivity contribution < 1.29 is 4.74 Å². The minimum absolute atomic E-state index is 0.0288. The fourth-order valence-corrected chi connectivity index (χ4v) is 8.23. The summed E-state index contributed by atoms with van der Waals surface area (Å²) in [6, 6.07) is 19.2. The summed E-state index contributed by atoms with van der Waals surface area (Å²) in [5.41, 5.74) is 1.91. The van der Waals surface area contributed by atoms with Crippen LogP contribution in [0.4, 0.5) is 0 Å². The van der Waals surface area contributed by atoms with Gasteiger partial charge in [-0.25, -0.2) is 0 Å². The van der Waals surface area contributed by atoms with Crippen LogP contribution in [-0.4, -0.2) is 11.3 Å². The van der Waals surface area contributed by atoms with Gasteiger partial charge in [-0.2, -0.15) is 0 Å². The highest BCUT2D eigenvalue weighted by Gasteiger charge is 2.33. The van der Waals surface area contributed by atoms with Gasteiger partial charge in [0.1, 0.15) is 11.5 Å². The Labute approximate surface area is 147 Å². The maximum atomic E-state index is 6.10. The zero-order valence-corrected chi connectivity index (χ0v) is 15.3. The molecule has 1 nitrogen and oxygen atoms in total. The molecule has 0 spiro atoms. The maximum absolute atomic E-state index is 6.10. The van der Waals surface area contributed by atoms with E-state index in [4.69, 9.17) is 4.74 Å². The van der Waals surface area contributed by atoms with Crippen LogP contribution in [0.1, 0.15) is 51.4 Å². The lowest BCUT2D eigenvalue weighted by atomic mass is 10.3. The zero-order chi connectivity index (χ0) is 16.2. The van der Waals surface area contributed by atoms with Gasteiger partial charge in [-0.05, 0) is 66.6 Å². The molecule has 0 aliphatic heterocycles. The van der Waals surface area contributed by atoms with Crippen LogP contribution in [0.25, 0.3) is 0 Å². The van der Waals surface area contributed by atoms with Gasteiger partial charge in [0.05, 0.1) is 0 Å². The molecule has 0 heterocycles. The summed E-state index contributed by atoms with van der Waals surface area (Å²) in [5, 5.41) is 1.58. The third-order valence-corrected chi connectivity index (χ3v) is 9.01. The second-order valence-electron chi connectivity index (χ2n) is 7.20. The second-order valence-corrected chi connectivity index (χ2v) is 9.99. The molecule has 2 aromatic carbocycles. The molecular weight excluding hydrogens is 311 g/mol. The van der Waals surface area contributed by atoms with Crippen molar-refractivity contribution >= 4 is 13.2 Å². The Hall–Kier alpha value is -1.33. The fraction of sp³-hybridized carbons (Fsp3) is 0.455. The van der Waals surface area contributed by atoms with Gasteiger partial charge in [0.2, 0.25) is 0 Å². The molecule has 0 aromatic heterocycles. The predicted molar refractivity (Wildman–Crippen MR) is 104 cm³/mol. The lowest BCUT2D eigenvalue weighted by Crippen LogP contribution is -2.19. The molecule has 0 saturated heterocycles. The smallest absolute Gasteiger partial charge is 0.128 e. The molecule has 2 aliphatic rings. The van der Waals surface area contributed by atoms with E-state index in [1.54, 1.807) is 5.30 Å². The first-order chi connectivity index (χ1) is 11.9. The number of para-hydroxylation sites is 1. The van der Waals surface area contributed by atoms with Crippen molar-refractivity contribution in [1.82, 2.24) is 0 Å². The van der Waals surface area contributed by atoms with Crippen LogP contribution in [0.3, 0.4) is 0 Å². The first-order valence-corrected chi connectivity index (χ1v) is 11.0. The quantitative estimate of drug-likeness (QED) is 0.568. The van der Waals surface area contributed by atoms with Crippen molar-refractivity contribution in [2.45, 2.75) is 62.7 Å². The van der Waals surface area contributed by atoms with Crippen molar-refractivity contribution in [3.63, 3.8) is 0 Å². The van der Waals surface area contributed by atoms with E-state index in [9.17, 15) is 0 Å². The topological polar surface area (TPSA) is 9.23 Å². The SMILES string of the molecule is c1ccc(Oc2cccc(P(C3CCCC3)C3CCCC3)c2)cc1. The second kappa shape index (κ2) is 7.70. The lowest BCUT2D eigenvalue weighted by molar-refractivity contribution is 0.483. The van der Waals surface area contributed by atoms with Crippen molar-refractivity contribution in [2.24, 2.45) is 0 Å². The Morgan fingerprint density at radius 2 is 1.25 bits per heavy atom. The third kappa shape index (κ3) is 3.67. The molecule has 0 amide bonds. The molecule has 2 saturated carbocycles. The van der Waals surface area contributed by atoms with Crippen molar-refractivity contribution in [2.75, 3.05) is 0 Å². The fourth-order valence-electron chi connectivity index (χ4n) is 4.42. The highest BCUT2D eigenvalue weighted by molar-refractivity contribution is 7.67. The summed E-state index contributed by atoms with van der Waals surface area (Å²) < 4.78 is 6.10. The summed E-state index contributed by atoms with van der Waals surface area (Å²) in [6.45, 7) is 0. The van der Waals surface area contributed by atoms with E-state index in [0.717, 1.165) is 22.8 Å². The zero-order valence-electron chi connectivity index (χ0n) is 14.4. The van der Waals surface area contributed by atoms with Crippen LogP contribution in [0, 0.1) is 0 Å². The molecule has 2 fully saturated rings. The van der Waals surface area contributed by atoms with Crippen LogP contribution in [0.2, 0.25) is 0 Å². The molecule has 0 N–H and O–H groups in total. The van der Waals surface area contributed by atoms with Gasteiger partial charge in [-0.1, -0.05) is 63.9 Å². The van der Waals surface area contributed by atoms with Gasteiger partial charge in [0.25, 0.3) is 0 Å². The van der Waals surface area contributed by atoms with Crippen LogP contribution >= 0.6 is 7.92 Å². The summed E-state index contributed by atoms with van der Waals surface area (Å²) in [5.74, 6) is 1.93. The van der Waals surface area contributed by atoms with E-state index in [-0.39, 0.29) is 7.92 Å². The summed E-state index contributed by atoms with van der Waals surface area (Å²) in [6.07, 6.45) is 11.6. The van der Waals surface area contributed by atoms with E-state index in [2.05, 4.69) is 24.3 Å². The minimum atomic E-state index is -0.0288. The largest absolute Gasteiger partial charge is 0.457 e. The van der Waals surface area contributed by atoms with Crippen LogP contribution in [0.5, 0.6) is 11.5 Å². The molecule has 0 radical (unpaired) electrons. The molecule has 24 heavy (non-hydrogen) atoms. The lowest BCUT2D eigenvalue weighted by Gasteiger charge is -2.30. The number of hydrogen-bond donors (Lipinski definition) is 0. The van der Waals surface area contributed by atoms with Gasteiger partial charge in [0.15, 0.2) is 0 Å². The average molecular weight is 338 g/mol. The van der Waals surface area contributed by atoms with Gasteiger partial charge in [0, 0.05) is 0 Å². The number of benzene rings is 2. The highest BCUT2D eigenvalue weighted by Crippen LogP contribution is 2.56. The van der Waals surface area contributed by atoms with Crippen molar-refractivity contribution in [1.29, 1.82) is 0 Å². The molecule has 0 bridgehead atoms. The van der Waals surface area contributed by atoms with Crippen LogP contribution < -0.4 is 10.0 Å². The third-order valence-electron chi connectivity index (χ3n) is 5.53. The average Bonchev–Trinajstić information content (AvgIpc) is 3.31. The first kappa shape index (κ1) is 16.2. The normalized spacial score (nSPS) is 19.2. The molecule has 0 atom stereocenters. The Morgan fingerprint density at radius 1 is 0.667 bits per heavy atom. The van der Waals surface area contributed by atoms with Gasteiger partial charge >= 0.3 is 0 Å².